The minimum absolute atomic E-state index is 0.409. The van der Waals surface area contributed by atoms with Crippen LogP contribution in [0, 0.1) is 18.6 Å². The normalized spacial score (nSPS) is 12.3. The quantitative estimate of drug-likeness (QED) is 0.911. The number of carbonyl (C=O) groups is 1. The van der Waals surface area contributed by atoms with Gasteiger partial charge in [0.15, 0.2) is 0 Å². The van der Waals surface area contributed by atoms with Gasteiger partial charge in [0.1, 0.15) is 17.3 Å². The van der Waals surface area contributed by atoms with E-state index in [0.29, 0.717) is 6.54 Å². The second-order valence-electron chi connectivity index (χ2n) is 5.60. The van der Waals surface area contributed by atoms with Crippen molar-refractivity contribution in [3.63, 3.8) is 0 Å². The number of hydrogen-bond donors (Lipinski definition) is 1. The van der Waals surface area contributed by atoms with Crippen LogP contribution in [-0.4, -0.2) is 23.9 Å². The summed E-state index contributed by atoms with van der Waals surface area (Å²) in [6.45, 7) is 4.27. The molecule has 1 atom stereocenters. The second-order valence-corrected chi connectivity index (χ2v) is 5.60. The van der Waals surface area contributed by atoms with E-state index in [0.717, 1.165) is 23.3 Å². The molecule has 2 rings (SSSR count). The number of nitrogens with zero attached hydrogens (tertiary/aromatic N) is 1. The maximum Gasteiger partial charge on any atom is 0.241 e. The number of benzene rings is 2. The largest absolute Gasteiger partial charge is 0.320 e. The molecule has 0 spiro atoms. The highest BCUT2D eigenvalue weighted by Crippen LogP contribution is 2.19. The number of anilines is 1. The van der Waals surface area contributed by atoms with Crippen LogP contribution >= 0.6 is 0 Å². The van der Waals surface area contributed by atoms with Gasteiger partial charge in [-0.25, -0.2) is 8.78 Å². The van der Waals surface area contributed by atoms with Gasteiger partial charge in [0.25, 0.3) is 0 Å². The monoisotopic (exact) mass is 318 g/mol. The lowest BCUT2D eigenvalue weighted by Crippen LogP contribution is -2.39. The van der Waals surface area contributed by atoms with E-state index >= 15 is 0 Å². The standard InChI is InChI=1S/C18H20F2N2O/c1-12-7-4-5-8-14(12)11-22(3)13(2)18(23)21-17-15(19)9-6-10-16(17)20/h4-10,13H,11H2,1-3H3,(H,21,23). The lowest BCUT2D eigenvalue weighted by Gasteiger charge is -2.24. The Balaban J connectivity index is 2.06. The van der Waals surface area contributed by atoms with Crippen LogP contribution in [0.4, 0.5) is 14.5 Å². The molecule has 1 unspecified atom stereocenters. The number of rotatable bonds is 5. The van der Waals surface area contributed by atoms with Crippen molar-refractivity contribution in [2.24, 2.45) is 0 Å². The fraction of sp³-hybridized carbons (Fsp3) is 0.278. The van der Waals surface area contributed by atoms with Crippen molar-refractivity contribution in [1.29, 1.82) is 0 Å². The van der Waals surface area contributed by atoms with Gasteiger partial charge in [-0.05, 0) is 44.2 Å². The van der Waals surface area contributed by atoms with E-state index in [-0.39, 0.29) is 0 Å². The third kappa shape index (κ3) is 4.13. The molecule has 0 saturated heterocycles. The van der Waals surface area contributed by atoms with Crippen molar-refractivity contribution in [1.82, 2.24) is 4.90 Å². The Bertz CT molecular complexity index is 683. The average molecular weight is 318 g/mol. The van der Waals surface area contributed by atoms with Crippen LogP contribution in [0.25, 0.3) is 0 Å². The van der Waals surface area contributed by atoms with Crippen molar-refractivity contribution in [3.05, 3.63) is 65.2 Å². The summed E-state index contributed by atoms with van der Waals surface area (Å²) in [7, 11) is 1.80. The van der Waals surface area contributed by atoms with Gasteiger partial charge in [-0.1, -0.05) is 30.3 Å². The molecule has 122 valence electrons. The van der Waals surface area contributed by atoms with E-state index in [9.17, 15) is 13.6 Å². The number of amides is 1. The van der Waals surface area contributed by atoms with Crippen molar-refractivity contribution in [2.45, 2.75) is 26.4 Å². The van der Waals surface area contributed by atoms with Gasteiger partial charge in [0.2, 0.25) is 5.91 Å². The Morgan fingerprint density at radius 2 is 1.74 bits per heavy atom. The minimum atomic E-state index is -0.785. The molecule has 23 heavy (non-hydrogen) atoms. The highest BCUT2D eigenvalue weighted by molar-refractivity contribution is 5.94. The molecule has 0 bridgehead atoms. The lowest BCUT2D eigenvalue weighted by atomic mass is 10.1. The zero-order valence-electron chi connectivity index (χ0n) is 13.4. The molecule has 0 aliphatic rings. The Labute approximate surface area is 134 Å². The van der Waals surface area contributed by atoms with Crippen molar-refractivity contribution < 1.29 is 13.6 Å². The maximum absolute atomic E-state index is 13.6. The molecule has 0 saturated carbocycles. The fourth-order valence-corrected chi connectivity index (χ4v) is 2.24. The average Bonchev–Trinajstić information content (AvgIpc) is 2.52. The first-order chi connectivity index (χ1) is 10.9. The van der Waals surface area contributed by atoms with Crippen molar-refractivity contribution >= 4 is 11.6 Å². The second kappa shape index (κ2) is 7.33. The Kier molecular flexibility index (Phi) is 5.45. The van der Waals surface area contributed by atoms with Crippen LogP contribution in [0.2, 0.25) is 0 Å². The van der Waals surface area contributed by atoms with Gasteiger partial charge in [0.05, 0.1) is 6.04 Å². The molecule has 0 aliphatic heterocycles. The van der Waals surface area contributed by atoms with E-state index in [1.165, 1.54) is 6.07 Å². The number of halogens is 2. The highest BCUT2D eigenvalue weighted by atomic mass is 19.1. The van der Waals surface area contributed by atoms with Crippen LogP contribution in [0.5, 0.6) is 0 Å². The summed E-state index contributed by atoms with van der Waals surface area (Å²) in [4.78, 5) is 14.1. The topological polar surface area (TPSA) is 32.3 Å². The molecule has 2 aromatic carbocycles. The molecule has 5 heteroatoms. The molecule has 1 N–H and O–H groups in total. The summed E-state index contributed by atoms with van der Waals surface area (Å²) in [6.07, 6.45) is 0. The van der Waals surface area contributed by atoms with Gasteiger partial charge in [0, 0.05) is 6.54 Å². The number of carbonyl (C=O) groups excluding carboxylic acids is 1. The van der Waals surface area contributed by atoms with Crippen LogP contribution in [0.15, 0.2) is 42.5 Å². The first-order valence-electron chi connectivity index (χ1n) is 7.39. The molecule has 0 heterocycles. The molecule has 3 nitrogen and oxygen atoms in total. The zero-order chi connectivity index (χ0) is 17.0. The summed E-state index contributed by atoms with van der Waals surface area (Å²) >= 11 is 0. The number of hydrogen-bond acceptors (Lipinski definition) is 2. The smallest absolute Gasteiger partial charge is 0.241 e. The third-order valence-corrected chi connectivity index (χ3v) is 3.93. The van der Waals surface area contributed by atoms with Crippen LogP contribution in [0.3, 0.4) is 0 Å². The summed E-state index contributed by atoms with van der Waals surface area (Å²) in [5, 5.41) is 2.33. The summed E-state index contributed by atoms with van der Waals surface area (Å²) < 4.78 is 27.2. The van der Waals surface area contributed by atoms with Gasteiger partial charge in [-0.15, -0.1) is 0 Å². The van der Waals surface area contributed by atoms with Crippen LogP contribution in [0.1, 0.15) is 18.1 Å². The molecule has 0 fully saturated rings. The van der Waals surface area contributed by atoms with Gasteiger partial charge < -0.3 is 5.32 Å². The Morgan fingerprint density at radius 3 is 2.35 bits per heavy atom. The molecule has 2 aromatic rings. The van der Waals surface area contributed by atoms with Crippen LogP contribution in [-0.2, 0) is 11.3 Å². The number of likely N-dealkylation sites (N-methyl/N-ethyl adjacent to an activating group) is 1. The van der Waals surface area contributed by atoms with E-state index in [1.807, 2.05) is 36.1 Å². The first-order valence-corrected chi connectivity index (χ1v) is 7.39. The van der Waals surface area contributed by atoms with Crippen molar-refractivity contribution in [3.8, 4) is 0 Å². The van der Waals surface area contributed by atoms with Gasteiger partial charge in [-0.3, -0.25) is 9.69 Å². The SMILES string of the molecule is Cc1ccccc1CN(C)C(C)C(=O)Nc1c(F)cccc1F. The van der Waals surface area contributed by atoms with E-state index in [2.05, 4.69) is 5.32 Å². The zero-order valence-corrected chi connectivity index (χ0v) is 13.4. The lowest BCUT2D eigenvalue weighted by molar-refractivity contribution is -0.120. The Hall–Kier alpha value is -2.27. The number of nitrogens with one attached hydrogen (secondary N) is 1. The molecule has 0 aliphatic carbocycles. The predicted octanol–water partition coefficient (Wildman–Crippen LogP) is 3.73. The highest BCUT2D eigenvalue weighted by Gasteiger charge is 2.21. The Morgan fingerprint density at radius 1 is 1.13 bits per heavy atom. The van der Waals surface area contributed by atoms with E-state index in [4.69, 9.17) is 0 Å². The number of para-hydroxylation sites is 1. The summed E-state index contributed by atoms with van der Waals surface area (Å²) in [5.41, 5.74) is 1.83. The number of aryl methyl sites for hydroxylation is 1. The van der Waals surface area contributed by atoms with Crippen LogP contribution < -0.4 is 5.32 Å². The first kappa shape index (κ1) is 17.1. The van der Waals surface area contributed by atoms with Gasteiger partial charge in [-0.2, -0.15) is 0 Å². The van der Waals surface area contributed by atoms with Gasteiger partial charge >= 0.3 is 0 Å². The van der Waals surface area contributed by atoms with E-state index < -0.39 is 29.3 Å². The molecule has 0 aromatic heterocycles. The molecule has 1 amide bonds. The summed E-state index contributed by atoms with van der Waals surface area (Å²) in [6, 6.07) is 10.8. The predicted molar refractivity (Wildman–Crippen MR) is 87.1 cm³/mol. The molecule has 0 radical (unpaired) electrons. The van der Waals surface area contributed by atoms with E-state index in [1.54, 1.807) is 14.0 Å². The maximum atomic E-state index is 13.6. The fourth-order valence-electron chi connectivity index (χ4n) is 2.24. The summed E-state index contributed by atoms with van der Waals surface area (Å²) in [5.74, 6) is -2.02. The minimum Gasteiger partial charge on any atom is -0.320 e. The third-order valence-electron chi connectivity index (χ3n) is 3.93. The van der Waals surface area contributed by atoms with Crippen molar-refractivity contribution in [2.75, 3.05) is 12.4 Å². The molecular formula is C18H20F2N2O. The molecular weight excluding hydrogens is 298 g/mol.